The van der Waals surface area contributed by atoms with E-state index in [1.165, 1.54) is 31.2 Å². The van der Waals surface area contributed by atoms with Gasteiger partial charge in [-0.25, -0.2) is 9.18 Å². The normalized spacial score (nSPS) is 21.2. The molecule has 1 aliphatic heterocycles. The minimum Gasteiger partial charge on any atom is -0.456 e. The molecule has 4 rings (SSSR count). The van der Waals surface area contributed by atoms with E-state index in [0.29, 0.717) is 18.5 Å². The first kappa shape index (κ1) is 21.6. The second-order valence-corrected chi connectivity index (χ2v) is 7.89. The summed E-state index contributed by atoms with van der Waals surface area (Å²) >= 11 is 0. The van der Waals surface area contributed by atoms with Crippen LogP contribution in [0.2, 0.25) is 0 Å². The number of nitrogens with two attached hydrogens (primary N) is 1. The fourth-order valence-electron chi connectivity index (χ4n) is 4.15. The molecule has 168 valence electrons. The number of likely N-dealkylation sites (tertiary alicyclic amines) is 1. The molecule has 2 unspecified atom stereocenters. The van der Waals surface area contributed by atoms with Crippen LogP contribution in [0.3, 0.4) is 0 Å². The van der Waals surface area contributed by atoms with Crippen LogP contribution in [0, 0.1) is 17.7 Å². The number of esters is 1. The van der Waals surface area contributed by atoms with Crippen molar-refractivity contribution in [3.63, 3.8) is 0 Å². The maximum atomic E-state index is 13.1. The molecule has 2 fully saturated rings. The van der Waals surface area contributed by atoms with E-state index in [1.807, 2.05) is 0 Å². The zero-order valence-corrected chi connectivity index (χ0v) is 17.5. The first-order valence-electron chi connectivity index (χ1n) is 10.4. The van der Waals surface area contributed by atoms with Crippen molar-refractivity contribution in [3.8, 4) is 0 Å². The molecule has 0 bridgehead atoms. The third-order valence-electron chi connectivity index (χ3n) is 5.75. The molecule has 1 aliphatic carbocycles. The number of halogens is 1. The van der Waals surface area contributed by atoms with Gasteiger partial charge < -0.3 is 15.8 Å². The number of hydrogen-bond donors (Lipinski definition) is 2. The van der Waals surface area contributed by atoms with Crippen molar-refractivity contribution < 1.29 is 23.5 Å². The molecule has 0 spiro atoms. The number of aromatic nitrogens is 3. The van der Waals surface area contributed by atoms with Gasteiger partial charge in [0.05, 0.1) is 11.8 Å². The summed E-state index contributed by atoms with van der Waals surface area (Å²) < 4.78 is 18.3. The Morgan fingerprint density at radius 3 is 2.41 bits per heavy atom. The lowest BCUT2D eigenvalue weighted by Gasteiger charge is -2.21. The summed E-state index contributed by atoms with van der Waals surface area (Å²) in [5, 5.41) is 2.86. The van der Waals surface area contributed by atoms with E-state index < -0.39 is 12.0 Å². The molecule has 1 aromatic heterocycles. The van der Waals surface area contributed by atoms with Gasteiger partial charge >= 0.3 is 5.97 Å². The molecule has 0 radical (unpaired) electrons. The summed E-state index contributed by atoms with van der Waals surface area (Å²) in [5.41, 5.74) is 6.23. The van der Waals surface area contributed by atoms with Crippen LogP contribution in [-0.2, 0) is 25.7 Å². The summed E-state index contributed by atoms with van der Waals surface area (Å²) in [7, 11) is 0. The minimum atomic E-state index is -1.04. The number of carbonyl (C=O) groups is 3. The predicted molar refractivity (Wildman–Crippen MR) is 110 cm³/mol. The largest absolute Gasteiger partial charge is 0.456 e. The van der Waals surface area contributed by atoms with Gasteiger partial charge in [-0.05, 0) is 44.0 Å². The Morgan fingerprint density at radius 2 is 1.78 bits per heavy atom. The van der Waals surface area contributed by atoms with Crippen molar-refractivity contribution in [3.05, 3.63) is 35.9 Å². The van der Waals surface area contributed by atoms with Crippen molar-refractivity contribution in [1.29, 1.82) is 0 Å². The Balaban J connectivity index is 1.40. The second kappa shape index (κ2) is 8.85. The number of benzene rings is 1. The average Bonchev–Trinajstić information content (AvgIpc) is 3.03. The summed E-state index contributed by atoms with van der Waals surface area (Å²) in [6.45, 7) is 1.15. The van der Waals surface area contributed by atoms with Crippen LogP contribution in [0.15, 0.2) is 24.3 Å². The van der Waals surface area contributed by atoms with E-state index in [2.05, 4.69) is 20.3 Å². The fourth-order valence-corrected chi connectivity index (χ4v) is 4.15. The summed E-state index contributed by atoms with van der Waals surface area (Å²) in [6, 6.07) is 4.50. The maximum absolute atomic E-state index is 13.1. The number of rotatable bonds is 6. The average molecular weight is 442 g/mol. The van der Waals surface area contributed by atoms with Crippen molar-refractivity contribution >= 4 is 35.4 Å². The quantitative estimate of drug-likeness (QED) is 0.507. The molecular formula is C21H23FN6O4. The first-order chi connectivity index (χ1) is 15.3. The summed E-state index contributed by atoms with van der Waals surface area (Å²) in [6.07, 6.45) is 3.15. The number of hydrogen-bond acceptors (Lipinski definition) is 9. The third-order valence-corrected chi connectivity index (χ3v) is 5.75. The van der Waals surface area contributed by atoms with Crippen molar-refractivity contribution in [1.82, 2.24) is 19.9 Å². The zero-order valence-electron chi connectivity index (χ0n) is 17.5. The zero-order chi connectivity index (χ0) is 22.8. The van der Waals surface area contributed by atoms with Gasteiger partial charge in [0.25, 0.3) is 0 Å². The van der Waals surface area contributed by atoms with Gasteiger partial charge in [-0.15, -0.1) is 0 Å². The van der Waals surface area contributed by atoms with Gasteiger partial charge in [-0.3, -0.25) is 14.5 Å². The second-order valence-electron chi connectivity index (χ2n) is 7.89. The van der Waals surface area contributed by atoms with Gasteiger partial charge in [0.15, 0.2) is 12.4 Å². The maximum Gasteiger partial charge on any atom is 0.329 e. The molecular weight excluding hydrogens is 419 g/mol. The highest BCUT2D eigenvalue weighted by atomic mass is 19.1. The number of nitrogens with zero attached hydrogens (tertiary/aromatic N) is 4. The van der Waals surface area contributed by atoms with Crippen LogP contribution < -0.4 is 11.1 Å². The van der Waals surface area contributed by atoms with Gasteiger partial charge in [0.2, 0.25) is 23.7 Å². The molecule has 1 aromatic carbocycles. The molecule has 2 aromatic rings. The molecule has 1 saturated carbocycles. The van der Waals surface area contributed by atoms with Crippen LogP contribution in [0.5, 0.6) is 0 Å². The van der Waals surface area contributed by atoms with E-state index >= 15 is 0 Å². The number of fused-ring (bicyclic) bond motifs is 1. The van der Waals surface area contributed by atoms with E-state index in [0.717, 1.165) is 17.7 Å². The van der Waals surface area contributed by atoms with E-state index in [1.54, 1.807) is 0 Å². The van der Waals surface area contributed by atoms with Gasteiger partial charge in [0, 0.05) is 5.69 Å². The molecule has 2 heterocycles. The highest BCUT2D eigenvalue weighted by Gasteiger charge is 2.51. The Kier molecular flexibility index (Phi) is 5.97. The van der Waals surface area contributed by atoms with Crippen molar-refractivity contribution in [2.45, 2.75) is 45.3 Å². The molecule has 2 amide bonds. The molecule has 2 aliphatic rings. The molecule has 11 heteroatoms. The lowest BCUT2D eigenvalue weighted by atomic mass is 9.81. The smallest absolute Gasteiger partial charge is 0.329 e. The predicted octanol–water partition coefficient (Wildman–Crippen LogP) is 1.94. The third kappa shape index (κ3) is 4.36. The molecule has 10 nitrogen and oxygen atoms in total. The van der Waals surface area contributed by atoms with E-state index in [-0.39, 0.29) is 53.8 Å². The Morgan fingerprint density at radius 1 is 1.16 bits per heavy atom. The Labute approximate surface area is 183 Å². The first-order valence-corrected chi connectivity index (χ1v) is 10.4. The Bertz CT molecular complexity index is 1020. The molecule has 3 atom stereocenters. The SMILES string of the molecule is C[C@@H](C(=O)OCc1nc(N)nc(Nc2ccc(F)cc2)n1)N1C(=O)C2CCCCC2C1=O. The lowest BCUT2D eigenvalue weighted by molar-refractivity contribution is -0.159. The number of amides is 2. The number of anilines is 3. The number of ether oxygens (including phenoxy) is 1. The Hall–Kier alpha value is -3.63. The highest BCUT2D eigenvalue weighted by Crippen LogP contribution is 2.38. The molecule has 32 heavy (non-hydrogen) atoms. The van der Waals surface area contributed by atoms with Gasteiger partial charge in [-0.2, -0.15) is 15.0 Å². The summed E-state index contributed by atoms with van der Waals surface area (Å²) in [4.78, 5) is 51.0. The van der Waals surface area contributed by atoms with Crippen LogP contribution in [0.25, 0.3) is 0 Å². The minimum absolute atomic E-state index is 0.0791. The van der Waals surface area contributed by atoms with E-state index in [9.17, 15) is 18.8 Å². The van der Waals surface area contributed by atoms with Crippen LogP contribution in [0.4, 0.5) is 22.0 Å². The lowest BCUT2D eigenvalue weighted by Crippen LogP contribution is -2.44. The van der Waals surface area contributed by atoms with Crippen LogP contribution in [0.1, 0.15) is 38.4 Å². The molecule has 3 N–H and O–H groups in total. The fraction of sp³-hybridized carbons (Fsp3) is 0.429. The van der Waals surface area contributed by atoms with Crippen molar-refractivity contribution in [2.24, 2.45) is 11.8 Å². The number of nitrogens with one attached hydrogen (secondary N) is 1. The van der Waals surface area contributed by atoms with Crippen LogP contribution >= 0.6 is 0 Å². The van der Waals surface area contributed by atoms with Crippen molar-refractivity contribution in [2.75, 3.05) is 11.1 Å². The van der Waals surface area contributed by atoms with Gasteiger partial charge in [-0.1, -0.05) is 12.8 Å². The summed E-state index contributed by atoms with van der Waals surface area (Å²) in [5.74, 6) is -2.34. The monoisotopic (exact) mass is 442 g/mol. The topological polar surface area (TPSA) is 140 Å². The van der Waals surface area contributed by atoms with Gasteiger partial charge in [0.1, 0.15) is 11.9 Å². The van der Waals surface area contributed by atoms with Crippen LogP contribution in [-0.4, -0.2) is 43.7 Å². The van der Waals surface area contributed by atoms with E-state index in [4.69, 9.17) is 10.5 Å². The highest BCUT2D eigenvalue weighted by molar-refractivity contribution is 6.07. The number of imide groups is 1. The number of carbonyl (C=O) groups excluding carboxylic acids is 3. The standard InChI is InChI=1S/C21H23FN6O4/c1-11(28-17(29)14-4-2-3-5-15(14)18(28)30)19(31)32-10-16-25-20(23)27-21(26-16)24-13-8-6-12(22)7-9-13/h6-9,11,14-15H,2-5,10H2,1H3,(H3,23,24,25,26,27)/t11-,14?,15?/m0/s1. The molecule has 1 saturated heterocycles. The number of nitrogen functional groups attached to an aromatic ring is 1.